The highest BCUT2D eigenvalue weighted by atomic mass is 35.5. The van der Waals surface area contributed by atoms with Crippen LogP contribution in [0.3, 0.4) is 0 Å². The molecule has 0 saturated heterocycles. The molecule has 0 aliphatic rings. The molecule has 0 aliphatic carbocycles. The first kappa shape index (κ1) is 10.1. The standard InChI is InChI=1S/C7H8ClF2N3/c8-4-2-13-7(12)5(6(9)10)3(4)1-11/h2,6H,1,11H2,(H2,12,13). The van der Waals surface area contributed by atoms with Gasteiger partial charge in [-0.1, -0.05) is 11.6 Å². The summed E-state index contributed by atoms with van der Waals surface area (Å²) in [4.78, 5) is 3.52. The fourth-order valence-corrected chi connectivity index (χ4v) is 1.24. The SMILES string of the molecule is NCc1c(Cl)cnc(N)c1C(F)F. The normalized spacial score (nSPS) is 10.8. The molecule has 72 valence electrons. The van der Waals surface area contributed by atoms with Crippen molar-refractivity contribution >= 4 is 17.4 Å². The zero-order chi connectivity index (χ0) is 10.0. The second kappa shape index (κ2) is 3.85. The Bertz CT molecular complexity index is 317. The summed E-state index contributed by atoms with van der Waals surface area (Å²) in [5.74, 6) is -0.222. The van der Waals surface area contributed by atoms with Crippen molar-refractivity contribution < 1.29 is 8.78 Å². The number of rotatable bonds is 2. The minimum Gasteiger partial charge on any atom is -0.383 e. The van der Waals surface area contributed by atoms with Crippen molar-refractivity contribution in [2.45, 2.75) is 13.0 Å². The number of nitrogens with zero attached hydrogens (tertiary/aromatic N) is 1. The molecule has 4 N–H and O–H groups in total. The Hall–Kier alpha value is -0.940. The van der Waals surface area contributed by atoms with Crippen LogP contribution < -0.4 is 11.5 Å². The topological polar surface area (TPSA) is 64.9 Å². The highest BCUT2D eigenvalue weighted by Gasteiger charge is 2.19. The molecule has 1 rings (SSSR count). The fourth-order valence-electron chi connectivity index (χ4n) is 1.01. The van der Waals surface area contributed by atoms with Gasteiger partial charge in [0.1, 0.15) is 5.82 Å². The monoisotopic (exact) mass is 207 g/mol. The summed E-state index contributed by atoms with van der Waals surface area (Å²) in [5, 5.41) is 0.118. The molecule has 13 heavy (non-hydrogen) atoms. The molecular weight excluding hydrogens is 200 g/mol. The summed E-state index contributed by atoms with van der Waals surface area (Å²) in [6.07, 6.45) is -1.49. The molecule has 0 amide bonds. The number of nitrogens with two attached hydrogens (primary N) is 2. The third kappa shape index (κ3) is 1.87. The van der Waals surface area contributed by atoms with Crippen molar-refractivity contribution in [3.63, 3.8) is 0 Å². The lowest BCUT2D eigenvalue weighted by Gasteiger charge is -2.10. The number of alkyl halides is 2. The van der Waals surface area contributed by atoms with Gasteiger partial charge in [0.25, 0.3) is 6.43 Å². The Morgan fingerprint density at radius 2 is 2.15 bits per heavy atom. The Kier molecular flexibility index (Phi) is 3.00. The summed E-state index contributed by atoms with van der Waals surface area (Å²) in [6.45, 7) is -0.0781. The summed E-state index contributed by atoms with van der Waals surface area (Å²) in [6, 6.07) is 0. The van der Waals surface area contributed by atoms with E-state index in [0.717, 1.165) is 0 Å². The van der Waals surface area contributed by atoms with Crippen LogP contribution in [-0.4, -0.2) is 4.98 Å². The van der Waals surface area contributed by atoms with E-state index in [-0.39, 0.29) is 28.5 Å². The van der Waals surface area contributed by atoms with E-state index in [0.29, 0.717) is 0 Å². The van der Waals surface area contributed by atoms with E-state index < -0.39 is 6.43 Å². The van der Waals surface area contributed by atoms with E-state index >= 15 is 0 Å². The van der Waals surface area contributed by atoms with E-state index in [1.807, 2.05) is 0 Å². The fraction of sp³-hybridized carbons (Fsp3) is 0.286. The maximum absolute atomic E-state index is 12.4. The Balaban J connectivity index is 3.35. The van der Waals surface area contributed by atoms with E-state index in [4.69, 9.17) is 23.1 Å². The summed E-state index contributed by atoms with van der Waals surface area (Å²) in [7, 11) is 0. The average molecular weight is 208 g/mol. The van der Waals surface area contributed by atoms with Crippen LogP contribution in [-0.2, 0) is 6.54 Å². The van der Waals surface area contributed by atoms with Crippen LogP contribution in [0.5, 0.6) is 0 Å². The Labute approximate surface area is 78.7 Å². The number of halogens is 3. The molecule has 0 aromatic carbocycles. The lowest BCUT2D eigenvalue weighted by atomic mass is 10.1. The van der Waals surface area contributed by atoms with Gasteiger partial charge in [-0.05, 0) is 5.56 Å². The first-order valence-electron chi connectivity index (χ1n) is 3.49. The van der Waals surface area contributed by atoms with Crippen molar-refractivity contribution in [3.05, 3.63) is 22.3 Å². The van der Waals surface area contributed by atoms with E-state index in [1.54, 1.807) is 0 Å². The second-order valence-corrected chi connectivity index (χ2v) is 2.80. The molecule has 0 radical (unpaired) electrons. The van der Waals surface area contributed by atoms with Gasteiger partial charge >= 0.3 is 0 Å². The minimum atomic E-state index is -2.70. The van der Waals surface area contributed by atoms with Crippen LogP contribution in [0.25, 0.3) is 0 Å². The zero-order valence-electron chi connectivity index (χ0n) is 6.60. The molecule has 6 heteroatoms. The highest BCUT2D eigenvalue weighted by Crippen LogP contribution is 2.31. The number of pyridine rings is 1. The molecule has 1 aromatic rings. The highest BCUT2D eigenvalue weighted by molar-refractivity contribution is 6.31. The number of aromatic nitrogens is 1. The number of nitrogen functional groups attached to an aromatic ring is 1. The predicted octanol–water partition coefficient (Wildman–Crippen LogP) is 1.71. The summed E-state index contributed by atoms with van der Waals surface area (Å²) >= 11 is 5.61. The molecule has 3 nitrogen and oxygen atoms in total. The zero-order valence-corrected chi connectivity index (χ0v) is 7.35. The van der Waals surface area contributed by atoms with Gasteiger partial charge in [0.15, 0.2) is 0 Å². The van der Waals surface area contributed by atoms with Crippen LogP contribution >= 0.6 is 11.6 Å². The van der Waals surface area contributed by atoms with Crippen LogP contribution in [0.15, 0.2) is 6.20 Å². The average Bonchev–Trinajstić information content (AvgIpc) is 2.07. The lowest BCUT2D eigenvalue weighted by Crippen LogP contribution is -2.08. The quantitative estimate of drug-likeness (QED) is 0.776. The van der Waals surface area contributed by atoms with Crippen molar-refractivity contribution in [1.29, 1.82) is 0 Å². The van der Waals surface area contributed by atoms with Gasteiger partial charge in [0.2, 0.25) is 0 Å². The van der Waals surface area contributed by atoms with Gasteiger partial charge in [-0.25, -0.2) is 13.8 Å². The first-order chi connectivity index (χ1) is 6.07. The van der Waals surface area contributed by atoms with Crippen molar-refractivity contribution in [3.8, 4) is 0 Å². The second-order valence-electron chi connectivity index (χ2n) is 2.39. The predicted molar refractivity (Wildman–Crippen MR) is 46.5 cm³/mol. The van der Waals surface area contributed by atoms with Crippen molar-refractivity contribution in [2.24, 2.45) is 5.73 Å². The van der Waals surface area contributed by atoms with Crippen molar-refractivity contribution in [1.82, 2.24) is 4.98 Å². The third-order valence-corrected chi connectivity index (χ3v) is 1.95. The molecule has 0 bridgehead atoms. The largest absolute Gasteiger partial charge is 0.383 e. The molecule has 0 saturated carbocycles. The first-order valence-corrected chi connectivity index (χ1v) is 3.86. The molecule has 0 aliphatic heterocycles. The van der Waals surface area contributed by atoms with Gasteiger partial charge in [-0.2, -0.15) is 0 Å². The number of hydrogen-bond acceptors (Lipinski definition) is 3. The molecule has 1 aromatic heterocycles. The maximum atomic E-state index is 12.4. The van der Waals surface area contributed by atoms with Crippen LogP contribution in [0.1, 0.15) is 17.6 Å². The van der Waals surface area contributed by atoms with Crippen LogP contribution in [0, 0.1) is 0 Å². The molecule has 0 spiro atoms. The minimum absolute atomic E-state index is 0.0781. The lowest BCUT2D eigenvalue weighted by molar-refractivity contribution is 0.151. The third-order valence-electron chi connectivity index (χ3n) is 1.63. The molecule has 0 atom stereocenters. The van der Waals surface area contributed by atoms with Gasteiger partial charge < -0.3 is 11.5 Å². The van der Waals surface area contributed by atoms with Gasteiger partial charge in [-0.3, -0.25) is 0 Å². The smallest absolute Gasteiger partial charge is 0.267 e. The van der Waals surface area contributed by atoms with E-state index in [1.165, 1.54) is 6.20 Å². The summed E-state index contributed by atoms with van der Waals surface area (Å²) in [5.41, 5.74) is 10.3. The Morgan fingerprint density at radius 1 is 1.54 bits per heavy atom. The van der Waals surface area contributed by atoms with Gasteiger partial charge in [0.05, 0.1) is 10.6 Å². The van der Waals surface area contributed by atoms with E-state index in [9.17, 15) is 8.78 Å². The molecule has 0 unspecified atom stereocenters. The summed E-state index contributed by atoms with van der Waals surface area (Å²) < 4.78 is 24.8. The van der Waals surface area contributed by atoms with E-state index in [2.05, 4.69) is 4.98 Å². The molecular formula is C7H8ClF2N3. The number of anilines is 1. The Morgan fingerprint density at radius 3 is 2.54 bits per heavy atom. The van der Waals surface area contributed by atoms with Gasteiger partial charge in [-0.15, -0.1) is 0 Å². The van der Waals surface area contributed by atoms with Gasteiger partial charge in [0, 0.05) is 12.7 Å². The maximum Gasteiger partial charge on any atom is 0.267 e. The molecule has 0 fully saturated rings. The number of hydrogen-bond donors (Lipinski definition) is 2. The van der Waals surface area contributed by atoms with Crippen LogP contribution in [0.2, 0.25) is 5.02 Å². The molecule has 1 heterocycles. The van der Waals surface area contributed by atoms with Crippen LogP contribution in [0.4, 0.5) is 14.6 Å². The van der Waals surface area contributed by atoms with Crippen molar-refractivity contribution in [2.75, 3.05) is 5.73 Å².